The van der Waals surface area contributed by atoms with E-state index in [4.69, 9.17) is 5.26 Å². The van der Waals surface area contributed by atoms with E-state index >= 15 is 0 Å². The molecule has 1 fully saturated rings. The first kappa shape index (κ1) is 14.5. The van der Waals surface area contributed by atoms with Crippen LogP contribution in [0.2, 0.25) is 0 Å². The van der Waals surface area contributed by atoms with Gasteiger partial charge in [-0.25, -0.2) is 13.1 Å². The minimum Gasteiger partial charge on any atom is -0.207 e. The first-order chi connectivity index (χ1) is 9.03. The van der Waals surface area contributed by atoms with Crippen molar-refractivity contribution in [3.8, 4) is 6.07 Å². The number of rotatable bonds is 4. The van der Waals surface area contributed by atoms with E-state index in [-0.39, 0.29) is 15.8 Å². The van der Waals surface area contributed by atoms with Gasteiger partial charge in [0.15, 0.2) is 0 Å². The summed E-state index contributed by atoms with van der Waals surface area (Å²) in [6.07, 6.45) is 3.18. The molecular formula is C13H15BrN2O2S. The number of nitriles is 1. The molecular weight excluding hydrogens is 328 g/mol. The molecule has 0 aliphatic heterocycles. The molecule has 1 aliphatic carbocycles. The average Bonchev–Trinajstić information content (AvgIpc) is 2.75. The van der Waals surface area contributed by atoms with Crippen LogP contribution >= 0.6 is 15.9 Å². The molecule has 0 radical (unpaired) electrons. The molecule has 19 heavy (non-hydrogen) atoms. The Bertz CT molecular complexity index is 578. The number of alkyl halides is 1. The summed E-state index contributed by atoms with van der Waals surface area (Å²) in [6.45, 7) is 0. The van der Waals surface area contributed by atoms with Gasteiger partial charge in [-0.05, 0) is 30.5 Å². The molecule has 0 bridgehead atoms. The fraction of sp³-hybridized carbons (Fsp3) is 0.462. The van der Waals surface area contributed by atoms with Crippen LogP contribution in [0, 0.1) is 11.3 Å². The van der Waals surface area contributed by atoms with Gasteiger partial charge in [-0.1, -0.05) is 34.5 Å². The number of hydrogen-bond acceptors (Lipinski definition) is 3. The standard InChI is InChI=1S/C13H15BrN2O2S/c14-12-2-1-3-13(12)16-19(17,18)11-6-4-10(5-7-11)8-9-15/h4-7,12-13,16H,1-3,8H2. The van der Waals surface area contributed by atoms with Crippen LogP contribution in [0.1, 0.15) is 24.8 Å². The summed E-state index contributed by atoms with van der Waals surface area (Å²) in [5.74, 6) is 0. The van der Waals surface area contributed by atoms with Crippen molar-refractivity contribution in [1.29, 1.82) is 5.26 Å². The van der Waals surface area contributed by atoms with Crippen LogP contribution in [-0.4, -0.2) is 19.3 Å². The summed E-state index contributed by atoms with van der Waals surface area (Å²) in [4.78, 5) is 0.459. The first-order valence-corrected chi connectivity index (χ1v) is 8.55. The maximum atomic E-state index is 12.2. The number of benzene rings is 1. The first-order valence-electron chi connectivity index (χ1n) is 6.15. The van der Waals surface area contributed by atoms with Gasteiger partial charge >= 0.3 is 0 Å². The maximum absolute atomic E-state index is 12.2. The van der Waals surface area contributed by atoms with E-state index < -0.39 is 10.0 Å². The second-order valence-corrected chi connectivity index (χ2v) is 7.54. The van der Waals surface area contributed by atoms with Gasteiger partial charge in [-0.2, -0.15) is 5.26 Å². The van der Waals surface area contributed by atoms with Crippen molar-refractivity contribution in [3.05, 3.63) is 29.8 Å². The SMILES string of the molecule is N#CCc1ccc(S(=O)(=O)NC2CCCC2Br)cc1. The maximum Gasteiger partial charge on any atom is 0.240 e. The van der Waals surface area contributed by atoms with Crippen molar-refractivity contribution in [1.82, 2.24) is 4.72 Å². The number of hydrogen-bond donors (Lipinski definition) is 1. The Labute approximate surface area is 122 Å². The number of sulfonamides is 1. The van der Waals surface area contributed by atoms with Crippen molar-refractivity contribution in [2.45, 2.75) is 41.4 Å². The van der Waals surface area contributed by atoms with Crippen molar-refractivity contribution in [2.24, 2.45) is 0 Å². The lowest BCUT2D eigenvalue weighted by Crippen LogP contribution is -2.37. The monoisotopic (exact) mass is 342 g/mol. The molecule has 2 unspecified atom stereocenters. The zero-order valence-corrected chi connectivity index (χ0v) is 12.7. The predicted octanol–water partition coefficient (Wildman–Crippen LogP) is 2.35. The van der Waals surface area contributed by atoms with Gasteiger partial charge in [0.05, 0.1) is 17.4 Å². The highest BCUT2D eigenvalue weighted by molar-refractivity contribution is 9.09. The second-order valence-electron chi connectivity index (χ2n) is 4.65. The van der Waals surface area contributed by atoms with Crippen LogP contribution in [0.15, 0.2) is 29.2 Å². The average molecular weight is 343 g/mol. The third-order valence-electron chi connectivity index (χ3n) is 3.25. The van der Waals surface area contributed by atoms with Crippen LogP contribution in [0.5, 0.6) is 0 Å². The van der Waals surface area contributed by atoms with E-state index in [1.165, 1.54) is 0 Å². The Hall–Kier alpha value is -0.900. The highest BCUT2D eigenvalue weighted by Gasteiger charge is 2.29. The van der Waals surface area contributed by atoms with E-state index in [2.05, 4.69) is 20.7 Å². The summed E-state index contributed by atoms with van der Waals surface area (Å²) in [6, 6.07) is 8.45. The van der Waals surface area contributed by atoms with Gasteiger partial charge in [-0.15, -0.1) is 0 Å². The topological polar surface area (TPSA) is 70.0 Å². The molecule has 1 aromatic carbocycles. The molecule has 0 saturated heterocycles. The van der Waals surface area contributed by atoms with Gasteiger partial charge in [0.1, 0.15) is 0 Å². The zero-order valence-electron chi connectivity index (χ0n) is 10.3. The minimum absolute atomic E-state index is 0.0382. The van der Waals surface area contributed by atoms with Crippen molar-refractivity contribution in [2.75, 3.05) is 0 Å². The highest BCUT2D eigenvalue weighted by Crippen LogP contribution is 2.27. The van der Waals surface area contributed by atoms with Crippen molar-refractivity contribution in [3.63, 3.8) is 0 Å². The van der Waals surface area contributed by atoms with Gasteiger partial charge in [0.2, 0.25) is 10.0 Å². The van der Waals surface area contributed by atoms with E-state index in [0.717, 1.165) is 24.8 Å². The van der Waals surface area contributed by atoms with E-state index in [0.29, 0.717) is 6.42 Å². The third-order valence-corrected chi connectivity index (χ3v) is 5.86. The largest absolute Gasteiger partial charge is 0.240 e. The second kappa shape index (κ2) is 6.04. The molecule has 1 N–H and O–H groups in total. The third kappa shape index (κ3) is 3.56. The summed E-state index contributed by atoms with van der Waals surface area (Å²) < 4.78 is 27.1. The molecule has 102 valence electrons. The zero-order chi connectivity index (χ0) is 13.9. The molecule has 0 heterocycles. The number of nitrogens with one attached hydrogen (secondary N) is 1. The van der Waals surface area contributed by atoms with Gasteiger partial charge in [-0.3, -0.25) is 0 Å². The molecule has 0 spiro atoms. The highest BCUT2D eigenvalue weighted by atomic mass is 79.9. The number of nitrogens with zero attached hydrogens (tertiary/aromatic N) is 1. The van der Waals surface area contributed by atoms with Crippen LogP contribution in [0.4, 0.5) is 0 Å². The number of halogens is 1. The minimum atomic E-state index is -3.47. The Kier molecular flexibility index (Phi) is 4.61. The predicted molar refractivity (Wildman–Crippen MR) is 76.4 cm³/mol. The fourth-order valence-electron chi connectivity index (χ4n) is 2.19. The van der Waals surface area contributed by atoms with Crippen LogP contribution < -0.4 is 4.72 Å². The Morgan fingerprint density at radius 3 is 2.53 bits per heavy atom. The quantitative estimate of drug-likeness (QED) is 0.853. The van der Waals surface area contributed by atoms with Crippen molar-refractivity contribution >= 4 is 26.0 Å². The summed E-state index contributed by atoms with van der Waals surface area (Å²) >= 11 is 3.50. The Morgan fingerprint density at radius 1 is 1.32 bits per heavy atom. The molecule has 0 aromatic heterocycles. The van der Waals surface area contributed by atoms with Crippen LogP contribution in [-0.2, 0) is 16.4 Å². The lowest BCUT2D eigenvalue weighted by atomic mass is 10.2. The fourth-order valence-corrected chi connectivity index (χ4v) is 4.40. The molecule has 1 aromatic rings. The Balaban J connectivity index is 2.13. The van der Waals surface area contributed by atoms with Gasteiger partial charge < -0.3 is 0 Å². The molecule has 2 rings (SSSR count). The summed E-state index contributed by atoms with van der Waals surface area (Å²) in [5, 5.41) is 8.58. The van der Waals surface area contributed by atoms with E-state index in [1.54, 1.807) is 24.3 Å². The van der Waals surface area contributed by atoms with Crippen LogP contribution in [0.25, 0.3) is 0 Å². The summed E-state index contributed by atoms with van der Waals surface area (Å²) in [7, 11) is -3.47. The smallest absolute Gasteiger partial charge is 0.207 e. The molecule has 6 heteroatoms. The Morgan fingerprint density at radius 2 is 2.00 bits per heavy atom. The van der Waals surface area contributed by atoms with E-state index in [1.807, 2.05) is 6.07 Å². The van der Waals surface area contributed by atoms with Crippen LogP contribution in [0.3, 0.4) is 0 Å². The van der Waals surface area contributed by atoms with Gasteiger partial charge in [0, 0.05) is 10.9 Å². The molecule has 0 amide bonds. The molecule has 1 saturated carbocycles. The molecule has 4 nitrogen and oxygen atoms in total. The molecule has 2 atom stereocenters. The van der Waals surface area contributed by atoms with Gasteiger partial charge in [0.25, 0.3) is 0 Å². The lowest BCUT2D eigenvalue weighted by molar-refractivity contribution is 0.556. The van der Waals surface area contributed by atoms with E-state index in [9.17, 15) is 8.42 Å². The summed E-state index contributed by atoms with van der Waals surface area (Å²) in [5.41, 5.74) is 0.820. The normalized spacial score (nSPS) is 23.2. The molecule has 1 aliphatic rings. The van der Waals surface area contributed by atoms with Crippen molar-refractivity contribution < 1.29 is 8.42 Å². The lowest BCUT2D eigenvalue weighted by Gasteiger charge is -2.16.